The summed E-state index contributed by atoms with van der Waals surface area (Å²) < 4.78 is 0. The second-order valence-corrected chi connectivity index (χ2v) is 4.01. The fourth-order valence-electron chi connectivity index (χ4n) is 1.63. The third kappa shape index (κ3) is 7.30. The molecule has 0 fully saturated rings. The molecule has 0 aromatic rings. The predicted molar refractivity (Wildman–Crippen MR) is 57.1 cm³/mol. The molecule has 3 nitrogen and oxygen atoms in total. The van der Waals surface area contributed by atoms with Crippen molar-refractivity contribution in [1.29, 1.82) is 0 Å². The largest absolute Gasteiger partial charge is 0.393 e. The molecule has 14 heavy (non-hydrogen) atoms. The van der Waals surface area contributed by atoms with Crippen LogP contribution in [0.5, 0.6) is 0 Å². The highest BCUT2D eigenvalue weighted by atomic mass is 16.3. The zero-order chi connectivity index (χ0) is 11.0. The first-order chi connectivity index (χ1) is 6.60. The van der Waals surface area contributed by atoms with E-state index in [0.717, 1.165) is 25.7 Å². The van der Waals surface area contributed by atoms with Crippen molar-refractivity contribution in [3.8, 4) is 0 Å². The van der Waals surface area contributed by atoms with Crippen LogP contribution in [0.15, 0.2) is 0 Å². The second-order valence-electron chi connectivity index (χ2n) is 4.01. The van der Waals surface area contributed by atoms with Crippen molar-refractivity contribution in [2.75, 3.05) is 0 Å². The molecule has 0 amide bonds. The summed E-state index contributed by atoms with van der Waals surface area (Å²) >= 11 is 0. The third-order valence-electron chi connectivity index (χ3n) is 2.33. The van der Waals surface area contributed by atoms with Crippen LogP contribution in [0.1, 0.15) is 52.4 Å². The van der Waals surface area contributed by atoms with Gasteiger partial charge < -0.3 is 15.3 Å². The summed E-state index contributed by atoms with van der Waals surface area (Å²) in [5, 5.41) is 28.4. The number of aliphatic hydroxyl groups excluding tert-OH is 3. The van der Waals surface area contributed by atoms with Crippen LogP contribution in [0.25, 0.3) is 0 Å². The first kappa shape index (κ1) is 13.9. The lowest BCUT2D eigenvalue weighted by Crippen LogP contribution is -2.22. The lowest BCUT2D eigenvalue weighted by Gasteiger charge is -2.17. The molecule has 0 heterocycles. The van der Waals surface area contributed by atoms with Gasteiger partial charge in [-0.2, -0.15) is 0 Å². The Bertz CT molecular complexity index is 114. The third-order valence-corrected chi connectivity index (χ3v) is 2.33. The summed E-state index contributed by atoms with van der Waals surface area (Å²) in [5.41, 5.74) is 0. The summed E-state index contributed by atoms with van der Waals surface area (Å²) in [6.45, 7) is 4.00. The maximum absolute atomic E-state index is 9.52. The van der Waals surface area contributed by atoms with Crippen LogP contribution in [0, 0.1) is 0 Å². The van der Waals surface area contributed by atoms with Crippen molar-refractivity contribution in [1.82, 2.24) is 0 Å². The van der Waals surface area contributed by atoms with Gasteiger partial charge in [0.1, 0.15) is 0 Å². The maximum Gasteiger partial charge on any atom is 0.0589 e. The average Bonchev–Trinajstić information content (AvgIpc) is 2.03. The Kier molecular flexibility index (Phi) is 8.14. The van der Waals surface area contributed by atoms with Crippen LogP contribution in [-0.2, 0) is 0 Å². The van der Waals surface area contributed by atoms with Gasteiger partial charge in [-0.05, 0) is 25.7 Å². The summed E-state index contributed by atoms with van der Waals surface area (Å²) in [5.74, 6) is 0. The standard InChI is InChI=1S/C11H24O3/c1-3-5-9(12)7-11(14)8-10(13)6-4-2/h9-14H,3-8H2,1-2H3/t9-,10-/m1/s1. The van der Waals surface area contributed by atoms with Crippen LogP contribution < -0.4 is 0 Å². The SMILES string of the molecule is CCC[C@@H](O)CC(O)C[C@H](O)CCC. The highest BCUT2D eigenvalue weighted by molar-refractivity contribution is 4.67. The molecule has 0 radical (unpaired) electrons. The molecule has 3 heteroatoms. The highest BCUT2D eigenvalue weighted by Crippen LogP contribution is 2.11. The number of hydrogen-bond donors (Lipinski definition) is 3. The van der Waals surface area contributed by atoms with Crippen LogP contribution >= 0.6 is 0 Å². The lowest BCUT2D eigenvalue weighted by molar-refractivity contribution is 0.0346. The quantitative estimate of drug-likeness (QED) is 0.561. The molecule has 0 rings (SSSR count). The van der Waals surface area contributed by atoms with E-state index in [4.69, 9.17) is 0 Å². The van der Waals surface area contributed by atoms with E-state index in [9.17, 15) is 15.3 Å². The van der Waals surface area contributed by atoms with Crippen LogP contribution in [0.4, 0.5) is 0 Å². The Hall–Kier alpha value is -0.120. The van der Waals surface area contributed by atoms with Crippen molar-refractivity contribution in [2.24, 2.45) is 0 Å². The minimum atomic E-state index is -0.571. The molecular formula is C11H24O3. The van der Waals surface area contributed by atoms with Crippen molar-refractivity contribution in [2.45, 2.75) is 70.7 Å². The topological polar surface area (TPSA) is 60.7 Å². The normalized spacial score (nSPS) is 15.9. The summed E-state index contributed by atoms with van der Waals surface area (Å²) in [7, 11) is 0. The van der Waals surface area contributed by atoms with E-state index < -0.39 is 18.3 Å². The van der Waals surface area contributed by atoms with Gasteiger partial charge in [0.15, 0.2) is 0 Å². The Morgan fingerprint density at radius 1 is 0.714 bits per heavy atom. The molecule has 0 aromatic heterocycles. The van der Waals surface area contributed by atoms with Gasteiger partial charge in [-0.15, -0.1) is 0 Å². The molecule has 0 aliphatic carbocycles. The van der Waals surface area contributed by atoms with Gasteiger partial charge in [0, 0.05) is 0 Å². The first-order valence-electron chi connectivity index (χ1n) is 5.64. The van der Waals surface area contributed by atoms with E-state index >= 15 is 0 Å². The van der Waals surface area contributed by atoms with Gasteiger partial charge in [-0.3, -0.25) is 0 Å². The number of hydrogen-bond acceptors (Lipinski definition) is 3. The predicted octanol–water partition coefficient (Wildman–Crippen LogP) is 1.45. The lowest BCUT2D eigenvalue weighted by atomic mass is 10.0. The number of rotatable bonds is 8. The molecular weight excluding hydrogens is 180 g/mol. The molecule has 0 saturated carbocycles. The number of aliphatic hydroxyl groups is 3. The van der Waals surface area contributed by atoms with E-state index in [-0.39, 0.29) is 0 Å². The molecule has 0 aliphatic rings. The maximum atomic E-state index is 9.52. The smallest absolute Gasteiger partial charge is 0.0589 e. The van der Waals surface area contributed by atoms with E-state index in [1.54, 1.807) is 0 Å². The zero-order valence-electron chi connectivity index (χ0n) is 9.32. The monoisotopic (exact) mass is 204 g/mol. The summed E-state index contributed by atoms with van der Waals surface area (Å²) in [4.78, 5) is 0. The van der Waals surface area contributed by atoms with E-state index in [0.29, 0.717) is 12.8 Å². The van der Waals surface area contributed by atoms with E-state index in [1.165, 1.54) is 0 Å². The summed E-state index contributed by atoms with van der Waals surface area (Å²) in [6, 6.07) is 0. The van der Waals surface area contributed by atoms with Crippen molar-refractivity contribution in [3.63, 3.8) is 0 Å². The molecule has 0 unspecified atom stereocenters. The molecule has 0 aliphatic heterocycles. The van der Waals surface area contributed by atoms with Gasteiger partial charge >= 0.3 is 0 Å². The Morgan fingerprint density at radius 3 is 1.36 bits per heavy atom. The zero-order valence-corrected chi connectivity index (χ0v) is 9.32. The molecule has 86 valence electrons. The molecule has 0 spiro atoms. The van der Waals surface area contributed by atoms with Crippen LogP contribution in [0.3, 0.4) is 0 Å². The van der Waals surface area contributed by atoms with Crippen molar-refractivity contribution >= 4 is 0 Å². The minimum absolute atomic E-state index is 0.384. The van der Waals surface area contributed by atoms with Gasteiger partial charge in [0.05, 0.1) is 18.3 Å². The Morgan fingerprint density at radius 2 is 1.07 bits per heavy atom. The first-order valence-corrected chi connectivity index (χ1v) is 5.64. The molecule has 0 saturated heterocycles. The van der Waals surface area contributed by atoms with Crippen molar-refractivity contribution < 1.29 is 15.3 Å². The van der Waals surface area contributed by atoms with Gasteiger partial charge in [-0.1, -0.05) is 26.7 Å². The molecule has 2 atom stereocenters. The fourth-order valence-corrected chi connectivity index (χ4v) is 1.63. The molecule has 3 N–H and O–H groups in total. The van der Waals surface area contributed by atoms with Crippen LogP contribution in [-0.4, -0.2) is 33.6 Å². The molecule has 0 bridgehead atoms. The Balaban J connectivity index is 3.57. The Labute approximate surface area is 86.8 Å². The summed E-state index contributed by atoms with van der Waals surface area (Å²) in [6.07, 6.45) is 2.63. The van der Waals surface area contributed by atoms with Gasteiger partial charge in [-0.25, -0.2) is 0 Å². The minimum Gasteiger partial charge on any atom is -0.393 e. The highest BCUT2D eigenvalue weighted by Gasteiger charge is 2.14. The molecule has 0 aromatic carbocycles. The van der Waals surface area contributed by atoms with Crippen LogP contribution in [0.2, 0.25) is 0 Å². The van der Waals surface area contributed by atoms with E-state index in [2.05, 4.69) is 0 Å². The second kappa shape index (κ2) is 8.21. The van der Waals surface area contributed by atoms with Crippen molar-refractivity contribution in [3.05, 3.63) is 0 Å². The van der Waals surface area contributed by atoms with Gasteiger partial charge in [0.2, 0.25) is 0 Å². The van der Waals surface area contributed by atoms with E-state index in [1.807, 2.05) is 13.8 Å². The average molecular weight is 204 g/mol. The fraction of sp³-hybridized carbons (Fsp3) is 1.00. The van der Waals surface area contributed by atoms with Gasteiger partial charge in [0.25, 0.3) is 0 Å².